The van der Waals surface area contributed by atoms with E-state index in [0.717, 1.165) is 16.5 Å². The highest BCUT2D eigenvalue weighted by molar-refractivity contribution is 7.88. The number of imidazole rings is 1. The molecule has 1 unspecified atom stereocenters. The second-order valence-electron chi connectivity index (χ2n) is 8.56. The van der Waals surface area contributed by atoms with Gasteiger partial charge in [0.1, 0.15) is 18.3 Å². The fourth-order valence-corrected chi connectivity index (χ4v) is 5.13. The predicted octanol–water partition coefficient (Wildman–Crippen LogP) is -1.61. The lowest BCUT2D eigenvalue weighted by Crippen LogP contribution is -2.45. The number of ether oxygens (including phenoxy) is 1. The van der Waals surface area contributed by atoms with Crippen molar-refractivity contribution in [2.45, 2.75) is 37.4 Å². The van der Waals surface area contributed by atoms with Crippen LogP contribution in [0.15, 0.2) is 41.6 Å². The number of carbonyl (C=O) groups is 1. The summed E-state index contributed by atoms with van der Waals surface area (Å²) in [5, 5.41) is 21.9. The van der Waals surface area contributed by atoms with Crippen LogP contribution in [-0.4, -0.2) is 73.9 Å². The zero-order valence-corrected chi connectivity index (χ0v) is 20.0. The van der Waals surface area contributed by atoms with Crippen molar-refractivity contribution in [1.29, 1.82) is 0 Å². The van der Waals surface area contributed by atoms with Crippen molar-refractivity contribution < 1.29 is 28.2 Å². The average Bonchev–Trinajstić information content (AvgIpc) is 3.53. The molecule has 16 heteroatoms. The quantitative estimate of drug-likeness (QED) is 0.137. The molecule has 5 rings (SSSR count). The number of para-hydroxylation sites is 1. The highest BCUT2D eigenvalue weighted by Crippen LogP contribution is 2.31. The summed E-state index contributed by atoms with van der Waals surface area (Å²) in [6.07, 6.45) is -2.20. The van der Waals surface area contributed by atoms with Gasteiger partial charge in [-0.2, -0.15) is 18.1 Å². The summed E-state index contributed by atoms with van der Waals surface area (Å²) in [6, 6.07) is 7.55. The Balaban J connectivity index is 1.19. The minimum Gasteiger partial charge on any atom is -0.387 e. The number of aliphatic hydroxyl groups is 2. The number of aromatic amines is 2. The van der Waals surface area contributed by atoms with Gasteiger partial charge in [-0.3, -0.25) is 19.1 Å². The van der Waals surface area contributed by atoms with Crippen molar-refractivity contribution >= 4 is 44.1 Å². The largest absolute Gasteiger partial charge is 0.387 e. The lowest BCUT2D eigenvalue weighted by atomic mass is 10.1. The number of carbonyl (C=O) groups excluding carboxylic acids is 1. The number of hydrogen-bond acceptors (Lipinski definition) is 10. The van der Waals surface area contributed by atoms with Crippen LogP contribution in [0.25, 0.3) is 22.1 Å². The normalized spacial score (nSPS) is 22.1. The van der Waals surface area contributed by atoms with E-state index in [9.17, 15) is 28.2 Å². The summed E-state index contributed by atoms with van der Waals surface area (Å²) in [4.78, 5) is 37.6. The Hall–Kier alpha value is -3.83. The highest BCUT2D eigenvalue weighted by Gasteiger charge is 2.44. The molecule has 3 aromatic heterocycles. The van der Waals surface area contributed by atoms with Gasteiger partial charge in [-0.1, -0.05) is 18.2 Å². The van der Waals surface area contributed by atoms with E-state index >= 15 is 0 Å². The predicted molar refractivity (Wildman–Crippen MR) is 130 cm³/mol. The molecular formula is C21H24N8O7S. The Kier molecular flexibility index (Phi) is 6.42. The Bertz CT molecular complexity index is 1630. The molecule has 0 radical (unpaired) electrons. The molecule has 1 amide bonds. The lowest BCUT2D eigenvalue weighted by molar-refractivity contribution is -0.119. The van der Waals surface area contributed by atoms with Gasteiger partial charge in [0.2, 0.25) is 11.9 Å². The van der Waals surface area contributed by atoms with E-state index in [2.05, 4.69) is 24.7 Å². The first-order valence-electron chi connectivity index (χ1n) is 11.2. The summed E-state index contributed by atoms with van der Waals surface area (Å²) >= 11 is 0. The number of nitrogens with zero attached hydrogens (tertiary/aromatic N) is 3. The van der Waals surface area contributed by atoms with Gasteiger partial charge < -0.3 is 25.7 Å². The number of rotatable bonds is 8. The summed E-state index contributed by atoms with van der Waals surface area (Å²) in [6.45, 7) is -0.456. The Morgan fingerprint density at radius 2 is 2.03 bits per heavy atom. The maximum atomic E-state index is 12.4. The minimum atomic E-state index is -4.28. The van der Waals surface area contributed by atoms with Gasteiger partial charge >= 0.3 is 10.2 Å². The van der Waals surface area contributed by atoms with Crippen LogP contribution in [0, 0.1) is 0 Å². The van der Waals surface area contributed by atoms with Crippen LogP contribution >= 0.6 is 0 Å². The molecule has 0 aliphatic carbocycles. The fraction of sp³-hybridized carbons (Fsp3) is 0.333. The SMILES string of the molecule is Nc1nc2c(ncn2[C@@H]2O[C@H](CNS(=O)(=O)NC(=O)CCc3c[nH]c4ccccc34)C(O)[C@@H]2O)c(=O)[nH]1. The summed E-state index contributed by atoms with van der Waals surface area (Å²) in [5.74, 6) is -0.903. The summed E-state index contributed by atoms with van der Waals surface area (Å²) in [7, 11) is -4.28. The fourth-order valence-electron chi connectivity index (χ4n) is 4.27. The third-order valence-electron chi connectivity index (χ3n) is 6.08. The molecule has 37 heavy (non-hydrogen) atoms. The molecule has 4 atom stereocenters. The molecule has 0 saturated carbocycles. The smallest absolute Gasteiger partial charge is 0.301 e. The molecule has 15 nitrogen and oxygen atoms in total. The van der Waals surface area contributed by atoms with Gasteiger partial charge in [-0.25, -0.2) is 9.71 Å². The van der Waals surface area contributed by atoms with E-state index < -0.39 is 52.8 Å². The molecular weight excluding hydrogens is 508 g/mol. The maximum Gasteiger partial charge on any atom is 0.301 e. The lowest BCUT2D eigenvalue weighted by Gasteiger charge is -2.16. The van der Waals surface area contributed by atoms with Crippen LogP contribution in [0.3, 0.4) is 0 Å². The summed E-state index contributed by atoms with van der Waals surface area (Å²) < 4.78 is 35.7. The van der Waals surface area contributed by atoms with Crippen molar-refractivity contribution in [3.05, 3.63) is 52.7 Å². The van der Waals surface area contributed by atoms with Crippen LogP contribution in [-0.2, 0) is 26.2 Å². The van der Waals surface area contributed by atoms with Crippen molar-refractivity contribution in [1.82, 2.24) is 33.9 Å². The number of benzene rings is 1. The van der Waals surface area contributed by atoms with Gasteiger partial charge in [0.05, 0.1) is 6.33 Å². The zero-order chi connectivity index (χ0) is 26.3. The number of nitrogen functional groups attached to an aromatic ring is 1. The Morgan fingerprint density at radius 1 is 1.24 bits per heavy atom. The van der Waals surface area contributed by atoms with Crippen LogP contribution in [0.1, 0.15) is 18.2 Å². The molecule has 1 aliphatic heterocycles. The van der Waals surface area contributed by atoms with E-state index in [1.54, 1.807) is 6.20 Å². The zero-order valence-electron chi connectivity index (χ0n) is 19.2. The first kappa shape index (κ1) is 24.8. The molecule has 1 aromatic carbocycles. The second-order valence-corrected chi connectivity index (χ2v) is 10.1. The van der Waals surface area contributed by atoms with E-state index in [1.807, 2.05) is 29.0 Å². The molecule has 1 aliphatic rings. The molecule has 4 aromatic rings. The topological polar surface area (TPSA) is 230 Å². The van der Waals surface area contributed by atoms with Gasteiger partial charge in [-0.05, 0) is 18.1 Å². The van der Waals surface area contributed by atoms with E-state index in [0.29, 0.717) is 6.42 Å². The number of nitrogens with one attached hydrogen (secondary N) is 4. The second kappa shape index (κ2) is 9.56. The van der Waals surface area contributed by atoms with Crippen molar-refractivity contribution in [3.63, 3.8) is 0 Å². The number of anilines is 1. The summed E-state index contributed by atoms with van der Waals surface area (Å²) in [5.41, 5.74) is 6.73. The number of nitrogens with two attached hydrogens (primary N) is 1. The number of aryl methyl sites for hydroxylation is 1. The van der Waals surface area contributed by atoms with E-state index in [4.69, 9.17) is 10.5 Å². The van der Waals surface area contributed by atoms with E-state index in [1.165, 1.54) is 10.9 Å². The van der Waals surface area contributed by atoms with Gasteiger partial charge in [-0.15, -0.1) is 0 Å². The van der Waals surface area contributed by atoms with Crippen molar-refractivity contribution in [2.75, 3.05) is 12.3 Å². The first-order valence-corrected chi connectivity index (χ1v) is 12.7. The number of fused-ring (bicyclic) bond motifs is 2. The van der Waals surface area contributed by atoms with Crippen LogP contribution in [0.5, 0.6) is 0 Å². The van der Waals surface area contributed by atoms with E-state index in [-0.39, 0.29) is 23.5 Å². The molecule has 0 spiro atoms. The van der Waals surface area contributed by atoms with Crippen molar-refractivity contribution in [2.24, 2.45) is 0 Å². The van der Waals surface area contributed by atoms with Crippen LogP contribution < -0.4 is 20.7 Å². The average molecular weight is 533 g/mol. The number of aromatic nitrogens is 5. The minimum absolute atomic E-state index is 0.0150. The third-order valence-corrected chi connectivity index (χ3v) is 7.12. The highest BCUT2D eigenvalue weighted by atomic mass is 32.2. The van der Waals surface area contributed by atoms with Crippen LogP contribution in [0.4, 0.5) is 5.95 Å². The number of hydrogen-bond donors (Lipinski definition) is 7. The molecule has 1 fully saturated rings. The number of amides is 1. The van der Waals surface area contributed by atoms with Crippen LogP contribution in [0.2, 0.25) is 0 Å². The first-order chi connectivity index (χ1) is 17.6. The van der Waals surface area contributed by atoms with Crippen molar-refractivity contribution in [3.8, 4) is 0 Å². The molecule has 0 bridgehead atoms. The Labute approximate surface area is 208 Å². The Morgan fingerprint density at radius 3 is 2.84 bits per heavy atom. The van der Waals surface area contributed by atoms with Gasteiger partial charge in [0.25, 0.3) is 5.56 Å². The molecule has 8 N–H and O–H groups in total. The monoisotopic (exact) mass is 532 g/mol. The molecule has 1 saturated heterocycles. The number of aliphatic hydroxyl groups excluding tert-OH is 2. The number of H-pyrrole nitrogens is 2. The molecule has 196 valence electrons. The maximum absolute atomic E-state index is 12.4. The molecule has 4 heterocycles. The third kappa shape index (κ3) is 4.92. The van der Waals surface area contributed by atoms with Gasteiger partial charge in [0.15, 0.2) is 17.4 Å². The van der Waals surface area contributed by atoms with Gasteiger partial charge in [0, 0.05) is 30.1 Å². The standard InChI is InChI=1S/C21H24N8O7S/c22-21-26-18-15(19(33)27-21)24-9-29(18)20-17(32)16(31)13(36-20)8-25-37(34,35)28-14(30)6-5-10-7-23-12-4-2-1-3-11(10)12/h1-4,7,9,13,16-17,20,23,25,31-32H,5-6,8H2,(H,28,30)(H3,22,26,27,33)/t13-,16?,17+,20-/m1/s1.